The third-order valence-electron chi connectivity index (χ3n) is 2.75. The fourth-order valence-electron chi connectivity index (χ4n) is 1.72. The van der Waals surface area contributed by atoms with Crippen LogP contribution in [-0.2, 0) is 0 Å². The molecule has 0 aliphatic heterocycles. The topological polar surface area (TPSA) is 60.8 Å². The first-order chi connectivity index (χ1) is 8.41. The van der Waals surface area contributed by atoms with Crippen molar-refractivity contribution in [1.82, 2.24) is 4.90 Å². The molecule has 0 aromatic heterocycles. The Morgan fingerprint density at radius 1 is 1.44 bits per heavy atom. The van der Waals surface area contributed by atoms with Crippen LogP contribution in [0.1, 0.15) is 31.9 Å². The van der Waals surface area contributed by atoms with Crippen LogP contribution in [0.15, 0.2) is 24.3 Å². The Bertz CT molecular complexity index is 409. The maximum absolute atomic E-state index is 11.0. The van der Waals surface area contributed by atoms with Crippen molar-refractivity contribution in [3.05, 3.63) is 34.9 Å². The van der Waals surface area contributed by atoms with Gasteiger partial charge in [-0.2, -0.15) is 0 Å². The number of amides is 1. The van der Waals surface area contributed by atoms with Crippen LogP contribution in [0.3, 0.4) is 0 Å². The minimum absolute atomic E-state index is 0.103. The third kappa shape index (κ3) is 4.20. The molecule has 1 aromatic rings. The zero-order valence-corrected chi connectivity index (χ0v) is 11.3. The summed E-state index contributed by atoms with van der Waals surface area (Å²) < 4.78 is 0. The van der Waals surface area contributed by atoms with Gasteiger partial charge in [-0.05, 0) is 38.0 Å². The van der Waals surface area contributed by atoms with E-state index in [1.54, 1.807) is 38.1 Å². The second-order valence-electron chi connectivity index (χ2n) is 4.43. The summed E-state index contributed by atoms with van der Waals surface area (Å²) in [6.07, 6.45) is -1.32. The minimum Gasteiger partial charge on any atom is -0.465 e. The number of carboxylic acid groups (broad SMARTS) is 1. The number of benzene rings is 1. The van der Waals surface area contributed by atoms with Gasteiger partial charge in [-0.15, -0.1) is 0 Å². The maximum atomic E-state index is 11.0. The molecule has 1 rings (SSSR count). The number of carbonyl (C=O) groups is 1. The Kier molecular flexibility index (Phi) is 5.44. The lowest BCUT2D eigenvalue weighted by Gasteiger charge is -2.24. The molecule has 1 aromatic carbocycles. The maximum Gasteiger partial charge on any atom is 0.407 e. The Morgan fingerprint density at radius 2 is 2.11 bits per heavy atom. The summed E-state index contributed by atoms with van der Waals surface area (Å²) in [4.78, 5) is 12.3. The molecule has 100 valence electrons. The highest BCUT2D eigenvalue weighted by molar-refractivity contribution is 6.30. The Hall–Kier alpha value is -1.26. The molecule has 0 heterocycles. The van der Waals surface area contributed by atoms with Crippen molar-refractivity contribution in [2.75, 3.05) is 6.54 Å². The first-order valence-corrected chi connectivity index (χ1v) is 6.22. The van der Waals surface area contributed by atoms with E-state index >= 15 is 0 Å². The summed E-state index contributed by atoms with van der Waals surface area (Å²) >= 11 is 5.84. The molecule has 1 amide bonds. The lowest BCUT2D eigenvalue weighted by molar-refractivity contribution is 0.109. The van der Waals surface area contributed by atoms with E-state index in [-0.39, 0.29) is 6.04 Å². The zero-order chi connectivity index (χ0) is 13.7. The van der Waals surface area contributed by atoms with Crippen molar-refractivity contribution < 1.29 is 15.0 Å². The minimum atomic E-state index is -0.969. The lowest BCUT2D eigenvalue weighted by atomic mass is 10.1. The van der Waals surface area contributed by atoms with E-state index in [0.29, 0.717) is 23.6 Å². The normalized spacial score (nSPS) is 12.5. The number of aliphatic hydroxyl groups excluding tert-OH is 1. The molecule has 0 radical (unpaired) electrons. The third-order valence-corrected chi connectivity index (χ3v) is 2.98. The molecule has 5 heteroatoms. The van der Waals surface area contributed by atoms with Gasteiger partial charge in [0.15, 0.2) is 0 Å². The van der Waals surface area contributed by atoms with Gasteiger partial charge in [0.1, 0.15) is 0 Å². The molecular weight excluding hydrogens is 254 g/mol. The summed E-state index contributed by atoms with van der Waals surface area (Å²) in [5, 5.41) is 19.5. The van der Waals surface area contributed by atoms with Crippen molar-refractivity contribution in [3.63, 3.8) is 0 Å². The molecule has 0 saturated carbocycles. The number of aliphatic hydroxyl groups is 1. The molecular formula is C13H18ClNO3. The van der Waals surface area contributed by atoms with E-state index in [1.807, 2.05) is 0 Å². The van der Waals surface area contributed by atoms with E-state index in [1.165, 1.54) is 4.90 Å². The quantitative estimate of drug-likeness (QED) is 0.865. The van der Waals surface area contributed by atoms with Crippen LogP contribution in [0.25, 0.3) is 0 Å². The number of nitrogens with zero attached hydrogens (tertiary/aromatic N) is 1. The average molecular weight is 272 g/mol. The van der Waals surface area contributed by atoms with Crippen LogP contribution in [0, 0.1) is 0 Å². The summed E-state index contributed by atoms with van der Waals surface area (Å²) in [5.74, 6) is 0. The largest absolute Gasteiger partial charge is 0.465 e. The molecule has 0 bridgehead atoms. The smallest absolute Gasteiger partial charge is 0.407 e. The number of hydrogen-bond acceptors (Lipinski definition) is 2. The first-order valence-electron chi connectivity index (χ1n) is 5.85. The van der Waals surface area contributed by atoms with Crippen molar-refractivity contribution in [1.29, 1.82) is 0 Å². The van der Waals surface area contributed by atoms with Crippen LogP contribution in [0.2, 0.25) is 5.02 Å². The van der Waals surface area contributed by atoms with E-state index in [0.717, 1.165) is 0 Å². The molecule has 18 heavy (non-hydrogen) atoms. The molecule has 0 saturated heterocycles. The molecule has 0 fully saturated rings. The van der Waals surface area contributed by atoms with Gasteiger partial charge in [-0.3, -0.25) is 0 Å². The van der Waals surface area contributed by atoms with E-state index in [4.69, 9.17) is 16.7 Å². The van der Waals surface area contributed by atoms with Crippen LogP contribution < -0.4 is 0 Å². The van der Waals surface area contributed by atoms with Gasteiger partial charge in [0.05, 0.1) is 6.10 Å². The lowest BCUT2D eigenvalue weighted by Crippen LogP contribution is -2.37. The van der Waals surface area contributed by atoms with Gasteiger partial charge in [0.2, 0.25) is 0 Å². The molecule has 1 unspecified atom stereocenters. The molecule has 0 spiro atoms. The fourth-order valence-corrected chi connectivity index (χ4v) is 1.92. The summed E-state index contributed by atoms with van der Waals surface area (Å²) in [6, 6.07) is 6.85. The van der Waals surface area contributed by atoms with Crippen LogP contribution >= 0.6 is 11.6 Å². The highest BCUT2D eigenvalue weighted by Gasteiger charge is 2.17. The number of hydrogen-bond donors (Lipinski definition) is 2. The summed E-state index contributed by atoms with van der Waals surface area (Å²) in [5.41, 5.74) is 0.705. The van der Waals surface area contributed by atoms with Gasteiger partial charge in [0.25, 0.3) is 0 Å². The summed E-state index contributed by atoms with van der Waals surface area (Å²) in [7, 11) is 0. The van der Waals surface area contributed by atoms with Crippen molar-refractivity contribution in [3.8, 4) is 0 Å². The Balaban J connectivity index is 2.60. The average Bonchev–Trinajstić information content (AvgIpc) is 2.28. The monoisotopic (exact) mass is 271 g/mol. The molecule has 1 atom stereocenters. The second kappa shape index (κ2) is 6.61. The first kappa shape index (κ1) is 14.8. The Labute approximate surface area is 112 Å². The summed E-state index contributed by atoms with van der Waals surface area (Å²) in [6.45, 7) is 3.90. The van der Waals surface area contributed by atoms with Crippen molar-refractivity contribution >= 4 is 17.7 Å². The van der Waals surface area contributed by atoms with Gasteiger partial charge in [-0.25, -0.2) is 4.79 Å². The van der Waals surface area contributed by atoms with E-state index in [9.17, 15) is 9.90 Å². The fraction of sp³-hybridized carbons (Fsp3) is 0.462. The van der Waals surface area contributed by atoms with Gasteiger partial charge in [0, 0.05) is 17.6 Å². The van der Waals surface area contributed by atoms with Crippen LogP contribution in [-0.4, -0.2) is 33.8 Å². The van der Waals surface area contributed by atoms with Gasteiger partial charge in [-0.1, -0.05) is 23.7 Å². The predicted molar refractivity (Wildman–Crippen MR) is 70.9 cm³/mol. The highest BCUT2D eigenvalue weighted by atomic mass is 35.5. The predicted octanol–water partition coefficient (Wildman–Crippen LogP) is 3.15. The van der Waals surface area contributed by atoms with Crippen molar-refractivity contribution in [2.24, 2.45) is 0 Å². The molecule has 4 nitrogen and oxygen atoms in total. The number of halogens is 1. The van der Waals surface area contributed by atoms with Gasteiger partial charge >= 0.3 is 6.09 Å². The molecule has 2 N–H and O–H groups in total. The zero-order valence-electron chi connectivity index (χ0n) is 10.5. The second-order valence-corrected chi connectivity index (χ2v) is 4.87. The molecule has 0 aliphatic carbocycles. The van der Waals surface area contributed by atoms with Crippen LogP contribution in [0.4, 0.5) is 4.79 Å². The highest BCUT2D eigenvalue weighted by Crippen LogP contribution is 2.20. The van der Waals surface area contributed by atoms with E-state index in [2.05, 4.69) is 0 Å². The standard InChI is InChI=1S/C13H18ClNO3/c1-9(2)15(13(17)18)7-6-12(16)10-4-3-5-11(14)8-10/h3-5,8-9,12,16H,6-7H2,1-2H3,(H,17,18). The Morgan fingerprint density at radius 3 is 2.61 bits per heavy atom. The number of rotatable bonds is 5. The van der Waals surface area contributed by atoms with Crippen molar-refractivity contribution in [2.45, 2.75) is 32.4 Å². The SMILES string of the molecule is CC(C)N(CCC(O)c1cccc(Cl)c1)C(=O)O. The van der Waals surface area contributed by atoms with E-state index < -0.39 is 12.2 Å². The molecule has 0 aliphatic rings. The van der Waals surface area contributed by atoms with Crippen LogP contribution in [0.5, 0.6) is 0 Å². The van der Waals surface area contributed by atoms with Gasteiger partial charge < -0.3 is 15.1 Å².